The van der Waals surface area contributed by atoms with Crippen LogP contribution < -0.4 is 9.47 Å². The largest absolute Gasteiger partial charge is 0.497 e. The van der Waals surface area contributed by atoms with Crippen molar-refractivity contribution < 1.29 is 14.6 Å². The standard InChI is InChI=1S/C14H13N3O3/c1-19-9-4-5-10(11(8-9)20-2)12-13(18)17-7-3-6-15-14(17)16-12/h3-8,18H,1-2H3. The second-order valence-electron chi connectivity index (χ2n) is 4.14. The maximum absolute atomic E-state index is 10.3. The number of fused-ring (bicyclic) bond motifs is 1. The van der Waals surface area contributed by atoms with Crippen molar-refractivity contribution in [2.45, 2.75) is 0 Å². The number of hydrogen-bond donors (Lipinski definition) is 1. The predicted molar refractivity (Wildman–Crippen MR) is 73.2 cm³/mol. The van der Waals surface area contributed by atoms with Gasteiger partial charge in [-0.3, -0.25) is 4.40 Å². The molecule has 0 radical (unpaired) electrons. The van der Waals surface area contributed by atoms with Gasteiger partial charge >= 0.3 is 0 Å². The Balaban J connectivity index is 2.22. The Morgan fingerprint density at radius 2 is 2.05 bits per heavy atom. The number of benzene rings is 1. The zero-order valence-electron chi connectivity index (χ0n) is 11.1. The molecule has 0 bridgehead atoms. The lowest BCUT2D eigenvalue weighted by Gasteiger charge is -2.08. The van der Waals surface area contributed by atoms with Gasteiger partial charge in [-0.1, -0.05) is 0 Å². The van der Waals surface area contributed by atoms with Gasteiger partial charge in [-0.25, -0.2) is 9.97 Å². The van der Waals surface area contributed by atoms with Crippen LogP contribution in [0.15, 0.2) is 36.7 Å². The molecule has 3 aromatic rings. The van der Waals surface area contributed by atoms with Crippen LogP contribution in [-0.2, 0) is 0 Å². The average Bonchev–Trinajstić information content (AvgIpc) is 2.84. The quantitative estimate of drug-likeness (QED) is 0.790. The molecule has 1 aromatic carbocycles. The topological polar surface area (TPSA) is 68.9 Å². The molecule has 20 heavy (non-hydrogen) atoms. The van der Waals surface area contributed by atoms with Gasteiger partial charge in [-0.05, 0) is 18.2 Å². The summed E-state index contributed by atoms with van der Waals surface area (Å²) < 4.78 is 12.0. The summed E-state index contributed by atoms with van der Waals surface area (Å²) in [6, 6.07) is 7.05. The third-order valence-corrected chi connectivity index (χ3v) is 3.04. The van der Waals surface area contributed by atoms with Crippen molar-refractivity contribution in [3.8, 4) is 28.6 Å². The van der Waals surface area contributed by atoms with Crippen molar-refractivity contribution in [2.75, 3.05) is 14.2 Å². The molecule has 2 heterocycles. The number of hydrogen-bond acceptors (Lipinski definition) is 5. The molecule has 6 nitrogen and oxygen atoms in total. The summed E-state index contributed by atoms with van der Waals surface area (Å²) >= 11 is 0. The molecule has 0 aliphatic heterocycles. The summed E-state index contributed by atoms with van der Waals surface area (Å²) in [4.78, 5) is 8.43. The van der Waals surface area contributed by atoms with E-state index >= 15 is 0 Å². The van der Waals surface area contributed by atoms with E-state index in [1.54, 1.807) is 50.9 Å². The van der Waals surface area contributed by atoms with E-state index in [9.17, 15) is 5.11 Å². The number of aromatic hydroxyl groups is 1. The summed E-state index contributed by atoms with van der Waals surface area (Å²) in [5, 5.41) is 10.3. The molecule has 0 unspecified atom stereocenters. The third-order valence-electron chi connectivity index (χ3n) is 3.04. The van der Waals surface area contributed by atoms with Crippen LogP contribution in [-0.4, -0.2) is 33.7 Å². The molecule has 3 rings (SSSR count). The molecule has 0 atom stereocenters. The lowest BCUT2D eigenvalue weighted by atomic mass is 10.1. The third kappa shape index (κ3) is 1.82. The Labute approximate surface area is 115 Å². The highest BCUT2D eigenvalue weighted by atomic mass is 16.5. The summed E-state index contributed by atoms with van der Waals surface area (Å²) in [6.07, 6.45) is 3.32. The number of nitrogens with zero attached hydrogens (tertiary/aromatic N) is 3. The van der Waals surface area contributed by atoms with Crippen LogP contribution in [0.1, 0.15) is 0 Å². The van der Waals surface area contributed by atoms with Gasteiger partial charge in [0.25, 0.3) is 0 Å². The summed E-state index contributed by atoms with van der Waals surface area (Å²) in [6.45, 7) is 0. The zero-order chi connectivity index (χ0) is 14.1. The number of methoxy groups -OCH3 is 2. The van der Waals surface area contributed by atoms with Gasteiger partial charge in [0, 0.05) is 24.0 Å². The fraction of sp³-hybridized carbons (Fsp3) is 0.143. The van der Waals surface area contributed by atoms with E-state index in [0.29, 0.717) is 28.5 Å². The van der Waals surface area contributed by atoms with Crippen molar-refractivity contribution in [2.24, 2.45) is 0 Å². The molecule has 0 saturated heterocycles. The van der Waals surface area contributed by atoms with Crippen molar-refractivity contribution in [1.82, 2.24) is 14.4 Å². The Kier molecular flexibility index (Phi) is 2.90. The normalized spacial score (nSPS) is 10.7. The maximum atomic E-state index is 10.3. The smallest absolute Gasteiger partial charge is 0.237 e. The van der Waals surface area contributed by atoms with Crippen LogP contribution in [0.5, 0.6) is 17.4 Å². The van der Waals surface area contributed by atoms with Crippen molar-refractivity contribution in [3.05, 3.63) is 36.7 Å². The van der Waals surface area contributed by atoms with Gasteiger partial charge in [-0.15, -0.1) is 0 Å². The van der Waals surface area contributed by atoms with E-state index in [-0.39, 0.29) is 5.88 Å². The van der Waals surface area contributed by atoms with E-state index in [4.69, 9.17) is 9.47 Å². The minimum Gasteiger partial charge on any atom is -0.497 e. The molecule has 1 N–H and O–H groups in total. The second kappa shape index (κ2) is 4.73. The highest BCUT2D eigenvalue weighted by molar-refractivity contribution is 5.74. The molecular formula is C14H13N3O3. The van der Waals surface area contributed by atoms with E-state index in [0.717, 1.165) is 0 Å². The molecule has 0 saturated carbocycles. The minimum absolute atomic E-state index is 0.0246. The van der Waals surface area contributed by atoms with E-state index in [1.807, 2.05) is 0 Å². The Bertz CT molecular complexity index is 767. The van der Waals surface area contributed by atoms with Crippen LogP contribution in [0.4, 0.5) is 0 Å². The molecule has 0 aliphatic rings. The van der Waals surface area contributed by atoms with Gasteiger partial charge in [0.05, 0.1) is 14.2 Å². The van der Waals surface area contributed by atoms with E-state index in [1.165, 1.54) is 4.40 Å². The van der Waals surface area contributed by atoms with Crippen LogP contribution in [0.2, 0.25) is 0 Å². The maximum Gasteiger partial charge on any atom is 0.237 e. The lowest BCUT2D eigenvalue weighted by molar-refractivity contribution is 0.395. The summed E-state index contributed by atoms with van der Waals surface area (Å²) in [7, 11) is 3.14. The van der Waals surface area contributed by atoms with E-state index in [2.05, 4.69) is 9.97 Å². The van der Waals surface area contributed by atoms with E-state index < -0.39 is 0 Å². The Morgan fingerprint density at radius 1 is 1.20 bits per heavy atom. The monoisotopic (exact) mass is 271 g/mol. The van der Waals surface area contributed by atoms with Gasteiger partial charge in [0.2, 0.25) is 11.7 Å². The molecule has 0 spiro atoms. The number of imidazole rings is 1. The SMILES string of the molecule is COc1ccc(-c2nc3ncccn3c2O)c(OC)c1. The number of aromatic nitrogens is 3. The molecule has 6 heteroatoms. The molecule has 0 fully saturated rings. The summed E-state index contributed by atoms with van der Waals surface area (Å²) in [5.41, 5.74) is 1.10. The first-order chi connectivity index (χ1) is 9.74. The van der Waals surface area contributed by atoms with Gasteiger partial charge in [-0.2, -0.15) is 0 Å². The Hall–Kier alpha value is -2.76. The van der Waals surface area contributed by atoms with Gasteiger partial charge in [0.15, 0.2) is 0 Å². The van der Waals surface area contributed by atoms with Gasteiger partial charge < -0.3 is 14.6 Å². The fourth-order valence-electron chi connectivity index (χ4n) is 2.05. The number of rotatable bonds is 3. The number of ether oxygens (including phenoxy) is 2. The van der Waals surface area contributed by atoms with Crippen molar-refractivity contribution >= 4 is 5.78 Å². The molecule has 102 valence electrons. The van der Waals surface area contributed by atoms with Gasteiger partial charge in [0.1, 0.15) is 17.2 Å². The highest BCUT2D eigenvalue weighted by Crippen LogP contribution is 2.37. The zero-order valence-corrected chi connectivity index (χ0v) is 11.1. The minimum atomic E-state index is 0.0246. The van der Waals surface area contributed by atoms with Crippen LogP contribution in [0.25, 0.3) is 17.0 Å². The molecule has 0 aliphatic carbocycles. The second-order valence-corrected chi connectivity index (χ2v) is 4.14. The van der Waals surface area contributed by atoms with Crippen LogP contribution in [0, 0.1) is 0 Å². The fourth-order valence-corrected chi connectivity index (χ4v) is 2.05. The predicted octanol–water partition coefficient (Wildman–Crippen LogP) is 2.12. The van der Waals surface area contributed by atoms with Crippen molar-refractivity contribution in [1.29, 1.82) is 0 Å². The first-order valence-corrected chi connectivity index (χ1v) is 5.99. The van der Waals surface area contributed by atoms with Crippen LogP contribution in [0.3, 0.4) is 0 Å². The average molecular weight is 271 g/mol. The van der Waals surface area contributed by atoms with Crippen LogP contribution >= 0.6 is 0 Å². The Morgan fingerprint density at radius 3 is 2.75 bits per heavy atom. The molecule has 2 aromatic heterocycles. The highest BCUT2D eigenvalue weighted by Gasteiger charge is 2.17. The lowest BCUT2D eigenvalue weighted by Crippen LogP contribution is -1.90. The van der Waals surface area contributed by atoms with Crippen molar-refractivity contribution in [3.63, 3.8) is 0 Å². The first-order valence-electron chi connectivity index (χ1n) is 5.99. The summed E-state index contributed by atoms with van der Waals surface area (Å²) in [5.74, 6) is 1.70. The molecular weight excluding hydrogens is 258 g/mol. The molecule has 0 amide bonds. The first kappa shape index (κ1) is 12.3.